The van der Waals surface area contributed by atoms with E-state index in [0.717, 1.165) is 27.8 Å². The molecule has 0 saturated heterocycles. The van der Waals surface area contributed by atoms with Crippen LogP contribution in [0.3, 0.4) is 0 Å². The molecular formula is C66H88N10O11. The maximum absolute atomic E-state index is 14.1. The second-order valence-electron chi connectivity index (χ2n) is 24.4. The van der Waals surface area contributed by atoms with Crippen molar-refractivity contribution in [1.29, 1.82) is 0 Å². The highest BCUT2D eigenvalue weighted by molar-refractivity contribution is 6.00. The van der Waals surface area contributed by atoms with Gasteiger partial charge in [-0.2, -0.15) is 0 Å². The number of ether oxygens (including phenoxy) is 1. The van der Waals surface area contributed by atoms with Gasteiger partial charge in [-0.1, -0.05) is 142 Å². The zero-order valence-corrected chi connectivity index (χ0v) is 52.2. The Balaban J connectivity index is 1.16. The minimum Gasteiger partial charge on any atom is -0.478 e. The molecule has 1 heterocycles. The first-order valence-electron chi connectivity index (χ1n) is 29.3. The van der Waals surface area contributed by atoms with Gasteiger partial charge in [0.1, 0.15) is 24.7 Å². The van der Waals surface area contributed by atoms with E-state index in [0.29, 0.717) is 35.6 Å². The average molecular weight is 1200 g/mol. The van der Waals surface area contributed by atoms with Gasteiger partial charge in [0.15, 0.2) is 0 Å². The predicted octanol–water partition coefficient (Wildman–Crippen LogP) is 7.94. The molecule has 0 aliphatic carbocycles. The SMILES string of the molecule is C=C1Cc2ccccc2CN(C(=O)CCC(=O)N[C@H](C(=O)N[C@@H](CCCNC(N)=O)C(=O)Nc2ccc(COC(=O)Nc3ccc(C(C)(C)C(NC)C(=O)N[C@H](C(=O)N(C)[C@H](/C=C(\C)C(=O)O)C(C)C)C(C)(C)C)cc3)cc2)C(C)C)c2ccccc21. The maximum atomic E-state index is 14.1. The van der Waals surface area contributed by atoms with Crippen LogP contribution in [0.15, 0.2) is 115 Å². The summed E-state index contributed by atoms with van der Waals surface area (Å²) in [6.07, 6.45) is 1.45. The Hall–Kier alpha value is -8.85. The number of carbonyl (C=O) groups is 9. The van der Waals surface area contributed by atoms with Crippen molar-refractivity contribution in [3.8, 4) is 0 Å². The van der Waals surface area contributed by atoms with Gasteiger partial charge in [-0.15, -0.1) is 0 Å². The first-order valence-corrected chi connectivity index (χ1v) is 29.3. The number of allylic oxidation sites excluding steroid dienone is 1. The molecule has 21 nitrogen and oxygen atoms in total. The van der Waals surface area contributed by atoms with Crippen molar-refractivity contribution >= 4 is 76.2 Å². The van der Waals surface area contributed by atoms with Gasteiger partial charge < -0.3 is 57.3 Å². The molecule has 468 valence electrons. The summed E-state index contributed by atoms with van der Waals surface area (Å²) in [5.41, 5.74) is 10.4. The summed E-state index contributed by atoms with van der Waals surface area (Å²) in [5, 5.41) is 29.2. The number of hydrogen-bond acceptors (Lipinski definition) is 11. The first-order chi connectivity index (χ1) is 40.9. The standard InChI is InChI=1S/C66H88N10O11/c1-39(2)52(36-42(6)62(83)84)75(13)61(82)57(65(7,8)9)74-60(81)56(68-12)66(10,11)46-26-30-48(31-27-46)71-64(86)87-38-43-24-28-47(29-25-43)70-58(79)50(22-18-34-69-63(67)85)72-59(80)55(40(3)4)73-53(77)32-33-54(78)76-37-45-20-15-14-19-44(45)35-41(5)49-21-16-17-23-51(49)76/h14-17,19-21,23-31,36,39-40,50,52,55-57,68H,5,18,22,32-35,37-38H2,1-4,6-13H3,(H,70,79)(H,71,86)(H,72,80)(H,73,77)(H,74,81)(H,83,84)(H3,67,69,85)/b42-36+/t50-,52+,55-,56?,57+/m0/s1. The summed E-state index contributed by atoms with van der Waals surface area (Å²) < 4.78 is 5.51. The second kappa shape index (κ2) is 31.0. The van der Waals surface area contributed by atoms with E-state index in [4.69, 9.17) is 10.5 Å². The number of carboxylic acid groups (broad SMARTS) is 1. The normalized spacial score (nSPS) is 14.3. The van der Waals surface area contributed by atoms with E-state index >= 15 is 0 Å². The monoisotopic (exact) mass is 1200 g/mol. The summed E-state index contributed by atoms with van der Waals surface area (Å²) >= 11 is 0. The molecule has 5 atom stereocenters. The number of carboxylic acids is 1. The summed E-state index contributed by atoms with van der Waals surface area (Å²) in [4.78, 5) is 123. The van der Waals surface area contributed by atoms with Crippen LogP contribution in [-0.2, 0) is 63.3 Å². The van der Waals surface area contributed by atoms with Gasteiger partial charge in [0.25, 0.3) is 0 Å². The Kier molecular flexibility index (Phi) is 24.6. The minimum absolute atomic E-state index is 0.0880. The number of benzene rings is 4. The Labute approximate surface area is 511 Å². The molecule has 87 heavy (non-hydrogen) atoms. The number of primary amides is 1. The number of urea groups is 1. The lowest BCUT2D eigenvalue weighted by molar-refractivity contribution is -0.141. The van der Waals surface area contributed by atoms with E-state index in [1.54, 1.807) is 87.4 Å². The smallest absolute Gasteiger partial charge is 0.411 e. The molecule has 5 rings (SSSR count). The van der Waals surface area contributed by atoms with Crippen LogP contribution in [0.5, 0.6) is 0 Å². The number of aliphatic carboxylic acids is 1. The topological polar surface area (TPSA) is 300 Å². The molecule has 4 aromatic carbocycles. The van der Waals surface area contributed by atoms with Crippen molar-refractivity contribution in [3.05, 3.63) is 143 Å². The maximum Gasteiger partial charge on any atom is 0.411 e. The van der Waals surface area contributed by atoms with Gasteiger partial charge in [0.2, 0.25) is 35.4 Å². The van der Waals surface area contributed by atoms with Crippen LogP contribution < -0.4 is 47.9 Å². The zero-order valence-electron chi connectivity index (χ0n) is 52.2. The lowest BCUT2D eigenvalue weighted by Gasteiger charge is -2.40. The molecule has 0 radical (unpaired) electrons. The van der Waals surface area contributed by atoms with Gasteiger partial charge >= 0.3 is 18.1 Å². The molecule has 1 aliphatic heterocycles. The van der Waals surface area contributed by atoms with Crippen molar-refractivity contribution in [2.24, 2.45) is 23.0 Å². The largest absolute Gasteiger partial charge is 0.478 e. The molecule has 0 fully saturated rings. The number of para-hydroxylation sites is 1. The molecule has 0 aromatic heterocycles. The number of anilines is 3. The summed E-state index contributed by atoms with van der Waals surface area (Å²) in [5.74, 6) is -4.41. The van der Waals surface area contributed by atoms with Crippen LogP contribution in [0, 0.1) is 17.3 Å². The van der Waals surface area contributed by atoms with Crippen LogP contribution in [-0.4, -0.2) is 114 Å². The van der Waals surface area contributed by atoms with Gasteiger partial charge in [-0.3, -0.25) is 34.1 Å². The molecular weight excluding hydrogens is 1110 g/mol. The number of likely N-dealkylation sites (N-methyl/N-ethyl adjacent to an activating group) is 2. The zero-order chi connectivity index (χ0) is 64.5. The summed E-state index contributed by atoms with van der Waals surface area (Å²) in [6.45, 7) is 22.7. The van der Waals surface area contributed by atoms with E-state index in [9.17, 15) is 48.3 Å². The molecule has 9 amide bonds. The average Bonchev–Trinajstić information content (AvgIpc) is 2.46. The number of nitrogens with one attached hydrogen (secondary N) is 7. The molecule has 21 heteroatoms. The highest BCUT2D eigenvalue weighted by Gasteiger charge is 2.42. The van der Waals surface area contributed by atoms with Crippen molar-refractivity contribution < 1.29 is 53.0 Å². The molecule has 4 aromatic rings. The fourth-order valence-electron chi connectivity index (χ4n) is 10.4. The number of carbonyl (C=O) groups excluding carboxylic acids is 8. The number of nitrogens with two attached hydrogens (primary N) is 1. The lowest BCUT2D eigenvalue weighted by Crippen LogP contribution is -2.61. The summed E-state index contributed by atoms with van der Waals surface area (Å²) in [7, 11) is 3.26. The second-order valence-corrected chi connectivity index (χ2v) is 24.4. The van der Waals surface area contributed by atoms with E-state index in [1.165, 1.54) is 11.8 Å². The third-order valence-electron chi connectivity index (χ3n) is 15.5. The van der Waals surface area contributed by atoms with Crippen LogP contribution in [0.25, 0.3) is 5.57 Å². The highest BCUT2D eigenvalue weighted by atomic mass is 16.5. The fraction of sp³-hybridized carbons (Fsp3) is 0.439. The van der Waals surface area contributed by atoms with Crippen molar-refractivity contribution in [3.63, 3.8) is 0 Å². The van der Waals surface area contributed by atoms with Crippen LogP contribution >= 0.6 is 0 Å². The predicted molar refractivity (Wildman–Crippen MR) is 337 cm³/mol. The van der Waals surface area contributed by atoms with Crippen molar-refractivity contribution in [2.75, 3.05) is 36.2 Å². The van der Waals surface area contributed by atoms with E-state index in [1.807, 2.05) is 97.0 Å². The number of amides is 9. The van der Waals surface area contributed by atoms with Crippen LogP contribution in [0.1, 0.15) is 123 Å². The van der Waals surface area contributed by atoms with Crippen molar-refractivity contribution in [1.82, 2.24) is 31.5 Å². The highest BCUT2D eigenvalue weighted by Crippen LogP contribution is 2.35. The fourth-order valence-corrected chi connectivity index (χ4v) is 10.4. The number of hydrogen-bond donors (Lipinski definition) is 9. The third kappa shape index (κ3) is 19.3. The first kappa shape index (κ1) is 68.9. The Morgan fingerprint density at radius 3 is 1.95 bits per heavy atom. The van der Waals surface area contributed by atoms with Crippen LogP contribution in [0.4, 0.5) is 26.7 Å². The minimum atomic E-state index is -1.12. The molecule has 0 spiro atoms. The molecule has 0 saturated carbocycles. The van der Waals surface area contributed by atoms with E-state index in [2.05, 4.69) is 43.8 Å². The van der Waals surface area contributed by atoms with Crippen LogP contribution in [0.2, 0.25) is 0 Å². The third-order valence-corrected chi connectivity index (χ3v) is 15.5. The molecule has 1 aliphatic rings. The summed E-state index contributed by atoms with van der Waals surface area (Å²) in [6, 6.07) is 23.6. The molecule has 1 unspecified atom stereocenters. The number of rotatable bonds is 26. The lowest BCUT2D eigenvalue weighted by atomic mass is 9.76. The Morgan fingerprint density at radius 1 is 0.747 bits per heavy atom. The van der Waals surface area contributed by atoms with Gasteiger partial charge in [0.05, 0.1) is 24.3 Å². The number of nitrogens with zero attached hydrogens (tertiary/aromatic N) is 2. The molecule has 0 bridgehead atoms. The van der Waals surface area contributed by atoms with Gasteiger partial charge in [-0.05, 0) is 109 Å². The molecule has 10 N–H and O–H groups in total. The van der Waals surface area contributed by atoms with E-state index in [-0.39, 0.29) is 62.1 Å². The van der Waals surface area contributed by atoms with Gasteiger partial charge in [0, 0.05) is 54.4 Å². The Morgan fingerprint density at radius 2 is 1.36 bits per heavy atom. The quantitative estimate of drug-likeness (QED) is 0.0214. The Bertz CT molecular complexity index is 3170. The van der Waals surface area contributed by atoms with Gasteiger partial charge in [-0.25, -0.2) is 14.4 Å². The van der Waals surface area contributed by atoms with Crippen molar-refractivity contribution in [2.45, 2.75) is 150 Å². The van der Waals surface area contributed by atoms with E-state index < -0.39 is 88.7 Å². The number of fused-ring (bicyclic) bond motifs is 2.